The highest BCUT2D eigenvalue weighted by molar-refractivity contribution is 7.21. The van der Waals surface area contributed by atoms with Gasteiger partial charge in [-0.25, -0.2) is 14.8 Å². The fourth-order valence-electron chi connectivity index (χ4n) is 4.30. The molecular weight excluding hydrogens is 374 g/mol. The van der Waals surface area contributed by atoms with E-state index in [1.807, 2.05) is 11.0 Å². The molecule has 0 aliphatic carbocycles. The molecule has 0 radical (unpaired) electrons. The summed E-state index contributed by atoms with van der Waals surface area (Å²) < 4.78 is 5.16. The number of nitrogens with one attached hydrogen (secondary N) is 1. The Morgan fingerprint density at radius 3 is 2.96 bits per heavy atom. The van der Waals surface area contributed by atoms with Gasteiger partial charge in [0.2, 0.25) is 5.88 Å². The molecular formula is C20H29N5O2S. The van der Waals surface area contributed by atoms with E-state index in [-0.39, 0.29) is 6.03 Å². The van der Waals surface area contributed by atoms with Crippen molar-refractivity contribution in [2.75, 3.05) is 38.6 Å². The molecule has 0 saturated carbocycles. The van der Waals surface area contributed by atoms with E-state index in [4.69, 9.17) is 4.74 Å². The van der Waals surface area contributed by atoms with Gasteiger partial charge in [0.1, 0.15) is 10.3 Å². The largest absolute Gasteiger partial charge is 0.481 e. The molecule has 8 heteroatoms. The summed E-state index contributed by atoms with van der Waals surface area (Å²) in [6, 6.07) is 4.27. The highest BCUT2D eigenvalue weighted by atomic mass is 32.1. The molecule has 2 aromatic heterocycles. The van der Waals surface area contributed by atoms with Crippen LogP contribution < -0.4 is 10.1 Å². The van der Waals surface area contributed by atoms with E-state index in [0.717, 1.165) is 36.4 Å². The first kappa shape index (κ1) is 19.4. The minimum atomic E-state index is -0.0533. The summed E-state index contributed by atoms with van der Waals surface area (Å²) in [5.41, 5.74) is 0.775. The molecule has 2 saturated heterocycles. The third-order valence-corrected chi connectivity index (χ3v) is 6.77. The highest BCUT2D eigenvalue weighted by Crippen LogP contribution is 2.27. The Morgan fingerprint density at radius 2 is 2.14 bits per heavy atom. The molecule has 2 unspecified atom stereocenters. The first-order valence-electron chi connectivity index (χ1n) is 10.2. The lowest BCUT2D eigenvalue weighted by molar-refractivity contribution is 0.104. The van der Waals surface area contributed by atoms with Crippen LogP contribution in [0.2, 0.25) is 0 Å². The lowest BCUT2D eigenvalue weighted by Gasteiger charge is -2.39. The van der Waals surface area contributed by atoms with Crippen molar-refractivity contribution >= 4 is 32.8 Å². The highest BCUT2D eigenvalue weighted by Gasteiger charge is 2.28. The van der Waals surface area contributed by atoms with Crippen LogP contribution in [0.3, 0.4) is 0 Å². The van der Waals surface area contributed by atoms with E-state index >= 15 is 0 Å². The number of ether oxygens (including phenoxy) is 1. The van der Waals surface area contributed by atoms with Gasteiger partial charge in [0.15, 0.2) is 5.13 Å². The summed E-state index contributed by atoms with van der Waals surface area (Å²) in [4.78, 5) is 27.0. The number of fused-ring (bicyclic) bond motifs is 1. The zero-order valence-electron chi connectivity index (χ0n) is 16.7. The van der Waals surface area contributed by atoms with Crippen molar-refractivity contribution in [3.8, 4) is 5.88 Å². The predicted molar refractivity (Wildman–Crippen MR) is 112 cm³/mol. The Balaban J connectivity index is 1.36. The number of amides is 2. The second-order valence-corrected chi connectivity index (χ2v) is 8.90. The average Bonchev–Trinajstić information content (AvgIpc) is 3.11. The van der Waals surface area contributed by atoms with Gasteiger partial charge in [-0.05, 0) is 51.1 Å². The van der Waals surface area contributed by atoms with E-state index in [1.165, 1.54) is 43.6 Å². The summed E-state index contributed by atoms with van der Waals surface area (Å²) in [5.74, 6) is 1.11. The third kappa shape index (κ3) is 4.38. The molecule has 2 aliphatic rings. The zero-order valence-corrected chi connectivity index (χ0v) is 17.5. The van der Waals surface area contributed by atoms with Gasteiger partial charge in [0.25, 0.3) is 0 Å². The summed E-state index contributed by atoms with van der Waals surface area (Å²) in [7, 11) is 1.59. The Bertz CT molecular complexity index is 826. The molecule has 2 amide bonds. The minimum Gasteiger partial charge on any atom is -0.481 e. The fraction of sp³-hybridized carbons (Fsp3) is 0.650. The molecule has 0 spiro atoms. The molecule has 2 aliphatic heterocycles. The fourth-order valence-corrected chi connectivity index (χ4v) is 5.12. The van der Waals surface area contributed by atoms with Gasteiger partial charge in [0, 0.05) is 31.7 Å². The van der Waals surface area contributed by atoms with Gasteiger partial charge in [-0.15, -0.1) is 0 Å². The number of methoxy groups -OCH3 is 1. The number of aromatic nitrogens is 2. The van der Waals surface area contributed by atoms with E-state index in [2.05, 4.69) is 27.1 Å². The molecule has 4 rings (SSSR count). The Labute approximate surface area is 170 Å². The van der Waals surface area contributed by atoms with E-state index in [0.29, 0.717) is 23.0 Å². The summed E-state index contributed by atoms with van der Waals surface area (Å²) in [6.07, 6.45) is 6.22. The number of nitrogens with zero attached hydrogens (tertiary/aromatic N) is 4. The lowest BCUT2D eigenvalue weighted by atomic mass is 9.95. The summed E-state index contributed by atoms with van der Waals surface area (Å²) in [5, 5.41) is 3.56. The maximum absolute atomic E-state index is 12.8. The molecule has 2 atom stereocenters. The average molecular weight is 404 g/mol. The number of likely N-dealkylation sites (tertiary alicyclic amines) is 2. The lowest BCUT2D eigenvalue weighted by Crippen LogP contribution is -2.47. The minimum absolute atomic E-state index is 0.0533. The molecule has 1 N–H and O–H groups in total. The monoisotopic (exact) mass is 403 g/mol. The maximum Gasteiger partial charge on any atom is 0.323 e. The standard InChI is InChI=1S/C20H29N5O2S/c1-14-6-3-4-10-24(14)12-15-7-5-11-25(13-15)20(26)23-19-21-16-8-9-17(27-2)22-18(16)28-19/h8-9,14-15H,3-7,10-13H2,1-2H3,(H,21,23,26). The number of pyridine rings is 1. The van der Waals surface area contributed by atoms with Crippen molar-refractivity contribution in [3.05, 3.63) is 12.1 Å². The maximum atomic E-state index is 12.8. The summed E-state index contributed by atoms with van der Waals surface area (Å²) >= 11 is 1.38. The molecule has 4 heterocycles. The van der Waals surface area contributed by atoms with Crippen LogP contribution in [0.15, 0.2) is 12.1 Å². The number of piperidine rings is 2. The summed E-state index contributed by atoms with van der Waals surface area (Å²) in [6.45, 7) is 6.28. The molecule has 152 valence electrons. The van der Waals surface area contributed by atoms with Crippen LogP contribution in [0.5, 0.6) is 5.88 Å². The quantitative estimate of drug-likeness (QED) is 0.840. The third-order valence-electron chi connectivity index (χ3n) is 5.89. The first-order valence-corrected chi connectivity index (χ1v) is 11.1. The number of carbonyl (C=O) groups is 1. The van der Waals surface area contributed by atoms with Crippen LogP contribution in [0.1, 0.15) is 39.0 Å². The first-order chi connectivity index (χ1) is 13.6. The Kier molecular flexibility index (Phi) is 5.96. The van der Waals surface area contributed by atoms with Crippen LogP contribution in [-0.4, -0.2) is 65.1 Å². The normalized spacial score (nSPS) is 23.7. The van der Waals surface area contributed by atoms with Crippen molar-refractivity contribution in [2.45, 2.75) is 45.1 Å². The Morgan fingerprint density at radius 1 is 1.25 bits per heavy atom. The molecule has 0 bridgehead atoms. The second-order valence-electron chi connectivity index (χ2n) is 7.92. The Hall–Kier alpha value is -1.93. The van der Waals surface area contributed by atoms with E-state index in [1.54, 1.807) is 13.2 Å². The van der Waals surface area contributed by atoms with Crippen molar-refractivity contribution < 1.29 is 9.53 Å². The predicted octanol–water partition coefficient (Wildman–Crippen LogP) is 3.82. The number of thiazole rings is 1. The smallest absolute Gasteiger partial charge is 0.323 e. The van der Waals surface area contributed by atoms with Gasteiger partial charge >= 0.3 is 6.03 Å². The van der Waals surface area contributed by atoms with Crippen molar-refractivity contribution in [1.29, 1.82) is 0 Å². The van der Waals surface area contributed by atoms with Gasteiger partial charge in [-0.2, -0.15) is 0 Å². The van der Waals surface area contributed by atoms with E-state index in [9.17, 15) is 4.79 Å². The van der Waals surface area contributed by atoms with Crippen LogP contribution in [0, 0.1) is 5.92 Å². The number of rotatable bonds is 4. The zero-order chi connectivity index (χ0) is 19.5. The van der Waals surface area contributed by atoms with Crippen LogP contribution in [0.4, 0.5) is 9.93 Å². The second kappa shape index (κ2) is 8.61. The topological polar surface area (TPSA) is 70.6 Å². The van der Waals surface area contributed by atoms with E-state index < -0.39 is 0 Å². The van der Waals surface area contributed by atoms with Crippen LogP contribution in [0.25, 0.3) is 10.3 Å². The van der Waals surface area contributed by atoms with Gasteiger partial charge < -0.3 is 14.5 Å². The molecule has 7 nitrogen and oxygen atoms in total. The van der Waals surface area contributed by atoms with Crippen LogP contribution in [-0.2, 0) is 0 Å². The van der Waals surface area contributed by atoms with Crippen molar-refractivity contribution in [3.63, 3.8) is 0 Å². The molecule has 2 fully saturated rings. The molecule has 2 aromatic rings. The van der Waals surface area contributed by atoms with Gasteiger partial charge in [-0.1, -0.05) is 17.8 Å². The molecule has 28 heavy (non-hydrogen) atoms. The number of anilines is 1. The number of urea groups is 1. The van der Waals surface area contributed by atoms with Gasteiger partial charge in [0.05, 0.1) is 7.11 Å². The van der Waals surface area contributed by atoms with Crippen LogP contribution >= 0.6 is 11.3 Å². The number of carbonyl (C=O) groups excluding carboxylic acids is 1. The molecule has 0 aromatic carbocycles. The van der Waals surface area contributed by atoms with Gasteiger partial charge in [-0.3, -0.25) is 5.32 Å². The number of hydrogen-bond donors (Lipinski definition) is 1. The van der Waals surface area contributed by atoms with Crippen molar-refractivity contribution in [2.24, 2.45) is 5.92 Å². The SMILES string of the molecule is COc1ccc2nc(NC(=O)N3CCCC(CN4CCCCC4C)C3)sc2n1. The number of hydrogen-bond acceptors (Lipinski definition) is 6. The van der Waals surface area contributed by atoms with Crippen molar-refractivity contribution in [1.82, 2.24) is 19.8 Å².